The Morgan fingerprint density at radius 3 is 2.75 bits per heavy atom. The molecule has 1 aromatic rings. The molecular formula is C20H29N5O3. The van der Waals surface area contributed by atoms with Crippen LogP contribution in [0.15, 0.2) is 23.9 Å². The SMILES string of the molecule is CCOC(=O)N1CCN(c2nccc(C(=O)NCCC3=CCCCC3)n2)CC1. The molecular weight excluding hydrogens is 358 g/mol. The molecule has 2 heterocycles. The fourth-order valence-electron chi connectivity index (χ4n) is 3.49. The quantitative estimate of drug-likeness (QED) is 0.754. The van der Waals surface area contributed by atoms with Crippen molar-refractivity contribution in [1.29, 1.82) is 0 Å². The van der Waals surface area contributed by atoms with E-state index in [0.29, 0.717) is 51.0 Å². The van der Waals surface area contributed by atoms with Crippen LogP contribution >= 0.6 is 0 Å². The normalized spacial score (nSPS) is 17.1. The molecule has 0 spiro atoms. The van der Waals surface area contributed by atoms with Gasteiger partial charge in [-0.1, -0.05) is 11.6 Å². The first-order chi connectivity index (χ1) is 13.7. The van der Waals surface area contributed by atoms with Gasteiger partial charge < -0.3 is 19.9 Å². The zero-order valence-corrected chi connectivity index (χ0v) is 16.5. The van der Waals surface area contributed by atoms with Gasteiger partial charge in [-0.25, -0.2) is 14.8 Å². The number of rotatable bonds is 6. The first-order valence-corrected chi connectivity index (χ1v) is 10.1. The minimum absolute atomic E-state index is 0.176. The second-order valence-corrected chi connectivity index (χ2v) is 7.03. The minimum atomic E-state index is -0.288. The Morgan fingerprint density at radius 2 is 2.04 bits per heavy atom. The summed E-state index contributed by atoms with van der Waals surface area (Å²) in [6.45, 7) is 5.11. The molecule has 0 aromatic carbocycles. The number of anilines is 1. The van der Waals surface area contributed by atoms with E-state index in [-0.39, 0.29) is 12.0 Å². The molecule has 0 unspecified atom stereocenters. The van der Waals surface area contributed by atoms with Gasteiger partial charge in [-0.15, -0.1) is 0 Å². The molecule has 28 heavy (non-hydrogen) atoms. The largest absolute Gasteiger partial charge is 0.450 e. The topological polar surface area (TPSA) is 87.7 Å². The highest BCUT2D eigenvalue weighted by molar-refractivity contribution is 5.92. The van der Waals surface area contributed by atoms with Gasteiger partial charge in [-0.05, 0) is 45.1 Å². The zero-order chi connectivity index (χ0) is 19.8. The lowest BCUT2D eigenvalue weighted by Gasteiger charge is -2.34. The Labute approximate surface area is 166 Å². The maximum Gasteiger partial charge on any atom is 0.409 e. The van der Waals surface area contributed by atoms with Gasteiger partial charge >= 0.3 is 6.09 Å². The molecule has 1 N–H and O–H groups in total. The third-order valence-electron chi connectivity index (χ3n) is 5.08. The van der Waals surface area contributed by atoms with Crippen molar-refractivity contribution in [3.63, 3.8) is 0 Å². The van der Waals surface area contributed by atoms with Crippen LogP contribution < -0.4 is 10.2 Å². The third kappa shape index (κ3) is 5.43. The maximum absolute atomic E-state index is 12.4. The predicted octanol–water partition coefficient (Wildman–Crippen LogP) is 2.38. The van der Waals surface area contributed by atoms with Gasteiger partial charge in [-0.3, -0.25) is 4.79 Å². The first-order valence-electron chi connectivity index (χ1n) is 10.1. The maximum atomic E-state index is 12.4. The number of nitrogens with zero attached hydrogens (tertiary/aromatic N) is 4. The third-order valence-corrected chi connectivity index (χ3v) is 5.08. The molecule has 1 aliphatic carbocycles. The summed E-state index contributed by atoms with van der Waals surface area (Å²) >= 11 is 0. The highest BCUT2D eigenvalue weighted by Gasteiger charge is 2.23. The molecule has 152 valence electrons. The predicted molar refractivity (Wildman–Crippen MR) is 106 cm³/mol. The average molecular weight is 387 g/mol. The van der Waals surface area contributed by atoms with Crippen LogP contribution in [0.4, 0.5) is 10.7 Å². The van der Waals surface area contributed by atoms with E-state index in [4.69, 9.17) is 4.74 Å². The Morgan fingerprint density at radius 1 is 1.21 bits per heavy atom. The molecule has 3 rings (SSSR count). The lowest BCUT2D eigenvalue weighted by Crippen LogP contribution is -2.49. The van der Waals surface area contributed by atoms with E-state index in [1.165, 1.54) is 18.4 Å². The van der Waals surface area contributed by atoms with Gasteiger partial charge in [0.2, 0.25) is 5.95 Å². The van der Waals surface area contributed by atoms with Crippen molar-refractivity contribution in [2.45, 2.75) is 39.0 Å². The standard InChI is InChI=1S/C20H29N5O3/c1-2-28-20(27)25-14-12-24(13-15-25)19-22-11-9-17(23-19)18(26)21-10-8-16-6-4-3-5-7-16/h6,9,11H,2-5,7-8,10,12-15H2,1H3,(H,21,26). The zero-order valence-electron chi connectivity index (χ0n) is 16.5. The van der Waals surface area contributed by atoms with E-state index in [1.54, 1.807) is 24.1 Å². The molecule has 1 fully saturated rings. The van der Waals surface area contributed by atoms with Crippen LogP contribution in [-0.4, -0.2) is 66.2 Å². The summed E-state index contributed by atoms with van der Waals surface area (Å²) in [5.74, 6) is 0.344. The van der Waals surface area contributed by atoms with Crippen LogP contribution in [0, 0.1) is 0 Å². The van der Waals surface area contributed by atoms with Gasteiger partial charge in [0.25, 0.3) is 5.91 Å². The van der Waals surface area contributed by atoms with Gasteiger partial charge in [0.1, 0.15) is 5.69 Å². The number of piperazine rings is 1. The minimum Gasteiger partial charge on any atom is -0.450 e. The monoisotopic (exact) mass is 387 g/mol. The number of hydrogen-bond acceptors (Lipinski definition) is 6. The summed E-state index contributed by atoms with van der Waals surface area (Å²) < 4.78 is 5.03. The fraction of sp³-hybridized carbons (Fsp3) is 0.600. The number of ether oxygens (including phenoxy) is 1. The van der Waals surface area contributed by atoms with E-state index in [0.717, 1.165) is 19.3 Å². The molecule has 2 amide bonds. The lowest BCUT2D eigenvalue weighted by molar-refractivity contribution is 0.0949. The molecule has 8 nitrogen and oxygen atoms in total. The van der Waals surface area contributed by atoms with Crippen LogP contribution in [0.25, 0.3) is 0 Å². The number of allylic oxidation sites excluding steroid dienone is 1. The van der Waals surface area contributed by atoms with Crippen LogP contribution in [0.5, 0.6) is 0 Å². The van der Waals surface area contributed by atoms with E-state index >= 15 is 0 Å². The van der Waals surface area contributed by atoms with Crippen LogP contribution in [0.2, 0.25) is 0 Å². The average Bonchev–Trinajstić information content (AvgIpc) is 2.75. The molecule has 0 radical (unpaired) electrons. The Kier molecular flexibility index (Phi) is 7.22. The summed E-state index contributed by atoms with van der Waals surface area (Å²) in [6.07, 6.45) is 9.34. The Hall–Kier alpha value is -2.64. The summed E-state index contributed by atoms with van der Waals surface area (Å²) in [5.41, 5.74) is 1.81. The van der Waals surface area contributed by atoms with Crippen molar-refractivity contribution in [1.82, 2.24) is 20.2 Å². The fourth-order valence-corrected chi connectivity index (χ4v) is 3.49. The Bertz CT molecular complexity index is 714. The molecule has 1 aromatic heterocycles. The van der Waals surface area contributed by atoms with Crippen molar-refractivity contribution >= 4 is 17.9 Å². The molecule has 1 saturated heterocycles. The van der Waals surface area contributed by atoms with Crippen LogP contribution in [0.3, 0.4) is 0 Å². The highest BCUT2D eigenvalue weighted by Crippen LogP contribution is 2.19. The molecule has 8 heteroatoms. The number of amides is 2. The molecule has 0 bridgehead atoms. The van der Waals surface area contributed by atoms with Crippen molar-refractivity contribution in [3.8, 4) is 0 Å². The van der Waals surface area contributed by atoms with Gasteiger partial charge in [0.05, 0.1) is 6.61 Å². The van der Waals surface area contributed by atoms with E-state index in [2.05, 4.69) is 21.4 Å². The van der Waals surface area contributed by atoms with Gasteiger partial charge in [-0.2, -0.15) is 0 Å². The number of aromatic nitrogens is 2. The van der Waals surface area contributed by atoms with E-state index < -0.39 is 0 Å². The molecule has 2 aliphatic rings. The first kappa shape index (κ1) is 20.1. The number of hydrogen-bond donors (Lipinski definition) is 1. The Balaban J connectivity index is 1.50. The summed E-state index contributed by atoms with van der Waals surface area (Å²) in [5, 5.41) is 2.95. The molecule has 1 aliphatic heterocycles. The van der Waals surface area contributed by atoms with Crippen molar-refractivity contribution in [2.24, 2.45) is 0 Å². The van der Waals surface area contributed by atoms with Crippen LogP contribution in [-0.2, 0) is 4.74 Å². The van der Waals surface area contributed by atoms with Gasteiger partial charge in [0.15, 0.2) is 0 Å². The number of nitrogens with one attached hydrogen (secondary N) is 1. The molecule has 0 saturated carbocycles. The smallest absolute Gasteiger partial charge is 0.409 e. The number of carbonyl (C=O) groups excluding carboxylic acids is 2. The van der Waals surface area contributed by atoms with Crippen molar-refractivity contribution in [3.05, 3.63) is 29.6 Å². The van der Waals surface area contributed by atoms with Crippen LogP contribution in [0.1, 0.15) is 49.5 Å². The summed E-state index contributed by atoms with van der Waals surface area (Å²) in [7, 11) is 0. The van der Waals surface area contributed by atoms with Crippen molar-refractivity contribution in [2.75, 3.05) is 44.2 Å². The van der Waals surface area contributed by atoms with Gasteiger partial charge in [0, 0.05) is 38.9 Å². The number of carbonyl (C=O) groups is 2. The van der Waals surface area contributed by atoms with E-state index in [9.17, 15) is 9.59 Å². The second kappa shape index (κ2) is 10.1. The molecule has 0 atom stereocenters. The highest BCUT2D eigenvalue weighted by atomic mass is 16.6. The van der Waals surface area contributed by atoms with Crippen molar-refractivity contribution < 1.29 is 14.3 Å². The summed E-state index contributed by atoms with van der Waals surface area (Å²) in [4.78, 5) is 36.6. The lowest BCUT2D eigenvalue weighted by atomic mass is 9.97. The van der Waals surface area contributed by atoms with E-state index in [1.807, 2.05) is 4.90 Å². The summed E-state index contributed by atoms with van der Waals surface area (Å²) in [6, 6.07) is 1.63. The second-order valence-electron chi connectivity index (χ2n) is 7.03.